The normalized spacial score (nSPS) is 19.8. The van der Waals surface area contributed by atoms with Crippen LogP contribution in [-0.2, 0) is 10.5 Å². The molecule has 0 fully saturated rings. The minimum absolute atomic E-state index is 0.104. The van der Waals surface area contributed by atoms with E-state index in [1.54, 1.807) is 18.9 Å². The minimum Gasteiger partial charge on any atom is -0.497 e. The molecule has 2 aromatic rings. The molecular weight excluding hydrogens is 440 g/mol. The summed E-state index contributed by atoms with van der Waals surface area (Å²) in [6.07, 6.45) is 1.23. The van der Waals surface area contributed by atoms with Crippen molar-refractivity contribution < 1.29 is 9.53 Å². The first-order valence-electron chi connectivity index (χ1n) is 10.5. The van der Waals surface area contributed by atoms with Crippen molar-refractivity contribution in [2.75, 3.05) is 7.11 Å². The van der Waals surface area contributed by atoms with Crippen molar-refractivity contribution in [3.63, 3.8) is 0 Å². The molecular formula is C26H25ClN2O2S. The van der Waals surface area contributed by atoms with Gasteiger partial charge in [0, 0.05) is 28.5 Å². The number of nitrogens with one attached hydrogen (secondary N) is 1. The lowest BCUT2D eigenvalue weighted by Gasteiger charge is -2.39. The Morgan fingerprint density at radius 3 is 2.56 bits per heavy atom. The van der Waals surface area contributed by atoms with Gasteiger partial charge in [0.15, 0.2) is 5.78 Å². The van der Waals surface area contributed by atoms with Gasteiger partial charge in [-0.1, -0.05) is 55.8 Å². The summed E-state index contributed by atoms with van der Waals surface area (Å²) in [5.74, 6) is 1.08. The fourth-order valence-electron chi connectivity index (χ4n) is 4.39. The van der Waals surface area contributed by atoms with E-state index in [9.17, 15) is 10.1 Å². The second-order valence-electron chi connectivity index (χ2n) is 8.90. The Morgan fingerprint density at radius 1 is 1.19 bits per heavy atom. The highest BCUT2D eigenvalue weighted by atomic mass is 35.5. The summed E-state index contributed by atoms with van der Waals surface area (Å²) < 4.78 is 5.30. The zero-order valence-corrected chi connectivity index (χ0v) is 19.9. The number of hydrogen-bond acceptors (Lipinski definition) is 5. The third-order valence-corrected chi connectivity index (χ3v) is 7.34. The van der Waals surface area contributed by atoms with Crippen molar-refractivity contribution in [3.05, 3.63) is 86.6 Å². The van der Waals surface area contributed by atoms with Gasteiger partial charge in [-0.2, -0.15) is 5.26 Å². The molecule has 0 amide bonds. The number of hydrogen-bond donors (Lipinski definition) is 1. The number of halogens is 1. The van der Waals surface area contributed by atoms with Gasteiger partial charge in [-0.25, -0.2) is 0 Å². The number of nitrogens with zero attached hydrogens (tertiary/aromatic N) is 1. The molecule has 1 heterocycles. The number of ketones is 1. The van der Waals surface area contributed by atoms with Crippen LogP contribution >= 0.6 is 23.4 Å². The number of Topliss-reactive ketones (excluding diaryl/α,β-unsaturated/α-hetero) is 1. The van der Waals surface area contributed by atoms with Crippen molar-refractivity contribution in [3.8, 4) is 11.8 Å². The number of nitriles is 1. The van der Waals surface area contributed by atoms with Crippen LogP contribution in [0.15, 0.2) is 70.4 Å². The first-order chi connectivity index (χ1) is 15.3. The van der Waals surface area contributed by atoms with E-state index in [0.717, 1.165) is 34.0 Å². The molecule has 1 atom stereocenters. The lowest BCUT2D eigenvalue weighted by atomic mass is 9.69. The monoisotopic (exact) mass is 464 g/mol. The minimum atomic E-state index is -0.389. The zero-order valence-electron chi connectivity index (χ0n) is 18.4. The number of carbonyl (C=O) groups is 1. The van der Waals surface area contributed by atoms with Crippen LogP contribution in [0.2, 0.25) is 5.02 Å². The van der Waals surface area contributed by atoms with Crippen molar-refractivity contribution >= 4 is 29.1 Å². The molecule has 0 unspecified atom stereocenters. The summed E-state index contributed by atoms with van der Waals surface area (Å²) in [4.78, 5) is 13.3. The van der Waals surface area contributed by atoms with Gasteiger partial charge in [-0.15, -0.1) is 11.8 Å². The number of rotatable bonds is 5. The van der Waals surface area contributed by atoms with E-state index in [4.69, 9.17) is 16.3 Å². The second-order valence-corrected chi connectivity index (χ2v) is 10.3. The highest BCUT2D eigenvalue weighted by Crippen LogP contribution is 2.48. The number of thioether (sulfide) groups is 1. The van der Waals surface area contributed by atoms with Gasteiger partial charge in [0.1, 0.15) is 5.75 Å². The predicted molar refractivity (Wildman–Crippen MR) is 129 cm³/mol. The average molecular weight is 465 g/mol. The molecule has 6 heteroatoms. The maximum absolute atomic E-state index is 13.3. The smallest absolute Gasteiger partial charge is 0.162 e. The number of allylic oxidation sites excluding steroid dienone is 3. The van der Waals surface area contributed by atoms with E-state index in [-0.39, 0.29) is 17.1 Å². The molecule has 32 heavy (non-hydrogen) atoms. The van der Waals surface area contributed by atoms with Gasteiger partial charge in [0.25, 0.3) is 0 Å². The fourth-order valence-corrected chi connectivity index (χ4v) is 5.73. The Hall–Kier alpha value is -2.68. The molecule has 0 radical (unpaired) electrons. The standard InChI is InChI=1S/C26H25ClN2O2S/c1-26(2)12-21-24(22(30)13-26)23(16-8-10-18(31-3)11-9-16)19(14-28)25(29-21)32-15-17-6-4-5-7-20(17)27/h4-11,23,29H,12-13,15H2,1-3H3/t23-/m1/s1. The molecule has 4 nitrogen and oxygen atoms in total. The van der Waals surface area contributed by atoms with E-state index in [0.29, 0.717) is 28.3 Å². The van der Waals surface area contributed by atoms with Gasteiger partial charge in [-0.3, -0.25) is 4.79 Å². The number of carbonyl (C=O) groups excluding carboxylic acids is 1. The van der Waals surface area contributed by atoms with Gasteiger partial charge in [0.2, 0.25) is 0 Å². The highest BCUT2D eigenvalue weighted by Gasteiger charge is 2.41. The van der Waals surface area contributed by atoms with Crippen LogP contribution in [-0.4, -0.2) is 12.9 Å². The molecule has 4 rings (SSSR count). The lowest BCUT2D eigenvalue weighted by Crippen LogP contribution is -2.36. The summed E-state index contributed by atoms with van der Waals surface area (Å²) in [5, 5.41) is 15.1. The quantitative estimate of drug-likeness (QED) is 0.558. The predicted octanol–water partition coefficient (Wildman–Crippen LogP) is 6.35. The Bertz CT molecular complexity index is 1160. The first-order valence-corrected chi connectivity index (χ1v) is 11.9. The lowest BCUT2D eigenvalue weighted by molar-refractivity contribution is -0.118. The molecule has 0 saturated carbocycles. The molecule has 0 spiro atoms. The Balaban J connectivity index is 1.77. The van der Waals surface area contributed by atoms with Crippen LogP contribution in [0, 0.1) is 16.7 Å². The van der Waals surface area contributed by atoms with Crippen molar-refractivity contribution in [1.29, 1.82) is 5.26 Å². The Morgan fingerprint density at radius 2 is 1.91 bits per heavy atom. The number of methoxy groups -OCH3 is 1. The second kappa shape index (κ2) is 9.05. The third-order valence-electron chi connectivity index (χ3n) is 5.91. The van der Waals surface area contributed by atoms with Crippen LogP contribution in [0.1, 0.15) is 43.7 Å². The molecule has 0 saturated heterocycles. The molecule has 1 aliphatic heterocycles. The summed E-state index contributed by atoms with van der Waals surface area (Å²) in [6, 6.07) is 17.8. The van der Waals surface area contributed by atoms with Crippen LogP contribution < -0.4 is 10.1 Å². The SMILES string of the molecule is COc1ccc([C@@H]2C(C#N)=C(SCc3ccccc3Cl)NC3=C2C(=O)CC(C)(C)C3)cc1. The Kier molecular flexibility index (Phi) is 6.37. The van der Waals surface area contributed by atoms with Gasteiger partial charge >= 0.3 is 0 Å². The summed E-state index contributed by atoms with van der Waals surface area (Å²) in [5.41, 5.74) is 4.00. The summed E-state index contributed by atoms with van der Waals surface area (Å²) >= 11 is 7.90. The van der Waals surface area contributed by atoms with Gasteiger partial charge in [-0.05, 0) is 41.2 Å². The van der Waals surface area contributed by atoms with Crippen molar-refractivity contribution in [2.45, 2.75) is 38.4 Å². The van der Waals surface area contributed by atoms with Gasteiger partial charge in [0.05, 0.1) is 29.7 Å². The van der Waals surface area contributed by atoms with E-state index < -0.39 is 0 Å². The summed E-state index contributed by atoms with van der Waals surface area (Å²) in [6.45, 7) is 4.22. The van der Waals surface area contributed by atoms with E-state index in [1.165, 1.54) is 0 Å². The van der Waals surface area contributed by atoms with Crippen molar-refractivity contribution in [2.24, 2.45) is 5.41 Å². The van der Waals surface area contributed by atoms with Gasteiger partial charge < -0.3 is 10.1 Å². The first kappa shape index (κ1) is 22.5. The molecule has 0 aromatic heterocycles. The molecule has 1 aliphatic carbocycles. The van der Waals surface area contributed by atoms with E-state index in [1.807, 2.05) is 48.5 Å². The number of ether oxygens (including phenoxy) is 1. The largest absolute Gasteiger partial charge is 0.497 e. The average Bonchev–Trinajstić information content (AvgIpc) is 2.76. The van der Waals surface area contributed by atoms with Crippen LogP contribution in [0.4, 0.5) is 0 Å². The molecule has 0 bridgehead atoms. The maximum Gasteiger partial charge on any atom is 0.162 e. The topological polar surface area (TPSA) is 62.1 Å². The molecule has 2 aliphatic rings. The van der Waals surface area contributed by atoms with Crippen molar-refractivity contribution in [1.82, 2.24) is 5.32 Å². The fraction of sp³-hybridized carbons (Fsp3) is 0.308. The van der Waals surface area contributed by atoms with Crippen LogP contribution in [0.3, 0.4) is 0 Å². The maximum atomic E-state index is 13.3. The highest BCUT2D eigenvalue weighted by molar-refractivity contribution is 8.02. The molecule has 2 aromatic carbocycles. The van der Waals surface area contributed by atoms with Crippen LogP contribution in [0.5, 0.6) is 5.75 Å². The number of benzene rings is 2. The van der Waals surface area contributed by atoms with E-state index in [2.05, 4.69) is 25.2 Å². The molecule has 164 valence electrons. The number of dihydropyridines is 1. The summed E-state index contributed by atoms with van der Waals surface area (Å²) in [7, 11) is 1.62. The zero-order chi connectivity index (χ0) is 22.9. The third kappa shape index (κ3) is 4.44. The Labute approximate surface area is 198 Å². The van der Waals surface area contributed by atoms with Crippen LogP contribution in [0.25, 0.3) is 0 Å². The molecule has 1 N–H and O–H groups in total. The van der Waals surface area contributed by atoms with E-state index >= 15 is 0 Å².